The number of pyridine rings is 1. The molecule has 2 heterocycles. The summed E-state index contributed by atoms with van der Waals surface area (Å²) < 4.78 is 4.77. The summed E-state index contributed by atoms with van der Waals surface area (Å²) in [6.45, 7) is 0.323. The maximum atomic E-state index is 11.7. The summed E-state index contributed by atoms with van der Waals surface area (Å²) in [6, 6.07) is 2.67. The van der Waals surface area contributed by atoms with Crippen molar-refractivity contribution >= 4 is 11.9 Å². The van der Waals surface area contributed by atoms with Gasteiger partial charge in [0.1, 0.15) is 5.69 Å². The maximum absolute atomic E-state index is 11.7. The highest BCUT2D eigenvalue weighted by Crippen LogP contribution is 2.00. The SMILES string of the molecule is O=C(O)c1ccc(C(=O)NCCc2ncno2)nc1. The summed E-state index contributed by atoms with van der Waals surface area (Å²) in [6.07, 6.45) is 2.83. The van der Waals surface area contributed by atoms with E-state index in [0.717, 1.165) is 6.20 Å². The monoisotopic (exact) mass is 262 g/mol. The normalized spacial score (nSPS) is 10.1. The van der Waals surface area contributed by atoms with Crippen LogP contribution >= 0.6 is 0 Å². The van der Waals surface area contributed by atoms with Crippen molar-refractivity contribution < 1.29 is 19.2 Å². The van der Waals surface area contributed by atoms with E-state index < -0.39 is 11.9 Å². The molecule has 8 nitrogen and oxygen atoms in total. The van der Waals surface area contributed by atoms with Crippen LogP contribution in [0.25, 0.3) is 0 Å². The second-order valence-corrected chi connectivity index (χ2v) is 3.58. The van der Waals surface area contributed by atoms with Crippen LogP contribution < -0.4 is 5.32 Å². The van der Waals surface area contributed by atoms with E-state index in [0.29, 0.717) is 18.9 Å². The van der Waals surface area contributed by atoms with Crippen molar-refractivity contribution in [3.05, 3.63) is 41.8 Å². The van der Waals surface area contributed by atoms with Crippen molar-refractivity contribution in [3.63, 3.8) is 0 Å². The van der Waals surface area contributed by atoms with E-state index >= 15 is 0 Å². The van der Waals surface area contributed by atoms with Gasteiger partial charge in [0.05, 0.1) is 5.56 Å². The lowest BCUT2D eigenvalue weighted by atomic mass is 10.2. The van der Waals surface area contributed by atoms with Gasteiger partial charge in [-0.05, 0) is 12.1 Å². The molecule has 2 rings (SSSR count). The Bertz CT molecular complexity index is 565. The van der Waals surface area contributed by atoms with Crippen LogP contribution in [0.2, 0.25) is 0 Å². The average molecular weight is 262 g/mol. The van der Waals surface area contributed by atoms with Gasteiger partial charge in [-0.25, -0.2) is 4.79 Å². The first kappa shape index (κ1) is 12.7. The molecule has 0 radical (unpaired) electrons. The Balaban J connectivity index is 1.87. The number of amides is 1. The molecule has 19 heavy (non-hydrogen) atoms. The van der Waals surface area contributed by atoms with Gasteiger partial charge in [-0.2, -0.15) is 4.98 Å². The number of nitrogens with one attached hydrogen (secondary N) is 1. The van der Waals surface area contributed by atoms with Gasteiger partial charge in [-0.1, -0.05) is 5.16 Å². The first-order valence-corrected chi connectivity index (χ1v) is 5.40. The van der Waals surface area contributed by atoms with Crippen molar-refractivity contribution in [1.82, 2.24) is 20.4 Å². The Morgan fingerprint density at radius 1 is 1.32 bits per heavy atom. The van der Waals surface area contributed by atoms with Gasteiger partial charge in [0, 0.05) is 19.2 Å². The number of hydrogen-bond acceptors (Lipinski definition) is 6. The number of nitrogens with zero attached hydrogens (tertiary/aromatic N) is 3. The first-order valence-electron chi connectivity index (χ1n) is 5.40. The Morgan fingerprint density at radius 3 is 2.74 bits per heavy atom. The van der Waals surface area contributed by atoms with Gasteiger partial charge in [-0.15, -0.1) is 0 Å². The Kier molecular flexibility index (Phi) is 3.81. The second-order valence-electron chi connectivity index (χ2n) is 3.58. The molecule has 8 heteroatoms. The highest BCUT2D eigenvalue weighted by atomic mass is 16.5. The number of aromatic carboxylic acids is 1. The lowest BCUT2D eigenvalue weighted by molar-refractivity contribution is 0.0695. The summed E-state index contributed by atoms with van der Waals surface area (Å²) >= 11 is 0. The third kappa shape index (κ3) is 3.35. The molecule has 0 unspecified atom stereocenters. The number of carbonyl (C=O) groups excluding carboxylic acids is 1. The maximum Gasteiger partial charge on any atom is 0.337 e. The molecular weight excluding hydrogens is 252 g/mol. The molecule has 2 N–H and O–H groups in total. The van der Waals surface area contributed by atoms with Gasteiger partial charge in [0.2, 0.25) is 5.89 Å². The molecule has 0 spiro atoms. The van der Waals surface area contributed by atoms with E-state index in [9.17, 15) is 9.59 Å². The van der Waals surface area contributed by atoms with E-state index in [1.165, 1.54) is 18.5 Å². The standard InChI is InChI=1S/C11H10N4O4/c16-10(12-4-3-9-14-6-15-19-9)8-2-1-7(5-13-8)11(17)18/h1-2,5-6H,3-4H2,(H,12,16)(H,17,18). The number of hydrogen-bond donors (Lipinski definition) is 2. The van der Waals surface area contributed by atoms with E-state index in [1.807, 2.05) is 0 Å². The molecule has 1 amide bonds. The number of carboxylic acids is 1. The van der Waals surface area contributed by atoms with Crippen molar-refractivity contribution in [2.24, 2.45) is 0 Å². The fourth-order valence-corrected chi connectivity index (χ4v) is 1.33. The predicted molar refractivity (Wildman–Crippen MR) is 61.5 cm³/mol. The van der Waals surface area contributed by atoms with E-state index in [1.54, 1.807) is 0 Å². The molecule has 98 valence electrons. The van der Waals surface area contributed by atoms with E-state index in [4.69, 9.17) is 9.63 Å². The van der Waals surface area contributed by atoms with Crippen LogP contribution in [0.4, 0.5) is 0 Å². The Morgan fingerprint density at radius 2 is 2.16 bits per heavy atom. The zero-order valence-corrected chi connectivity index (χ0v) is 9.74. The van der Waals surface area contributed by atoms with Crippen molar-refractivity contribution in [2.75, 3.05) is 6.54 Å². The fourth-order valence-electron chi connectivity index (χ4n) is 1.33. The second kappa shape index (κ2) is 5.71. The number of rotatable bonds is 5. The minimum absolute atomic E-state index is 0.0300. The molecule has 0 aliphatic carbocycles. The zero-order chi connectivity index (χ0) is 13.7. The minimum Gasteiger partial charge on any atom is -0.478 e. The van der Waals surface area contributed by atoms with Crippen LogP contribution in [0.3, 0.4) is 0 Å². The highest BCUT2D eigenvalue weighted by molar-refractivity contribution is 5.93. The number of carboxylic acid groups (broad SMARTS) is 1. The third-order valence-electron chi connectivity index (χ3n) is 2.27. The molecule has 0 aromatic carbocycles. The van der Waals surface area contributed by atoms with Crippen LogP contribution in [0.15, 0.2) is 29.2 Å². The fraction of sp³-hybridized carbons (Fsp3) is 0.182. The van der Waals surface area contributed by atoms with Gasteiger partial charge in [-0.3, -0.25) is 9.78 Å². The van der Waals surface area contributed by atoms with Crippen LogP contribution in [-0.4, -0.2) is 38.7 Å². The van der Waals surface area contributed by atoms with Gasteiger partial charge in [0.15, 0.2) is 6.33 Å². The first-order chi connectivity index (χ1) is 9.16. The average Bonchev–Trinajstić information content (AvgIpc) is 2.92. The van der Waals surface area contributed by atoms with E-state index in [2.05, 4.69) is 20.4 Å². The topological polar surface area (TPSA) is 118 Å². The lowest BCUT2D eigenvalue weighted by Crippen LogP contribution is -2.26. The van der Waals surface area contributed by atoms with Crippen LogP contribution in [0.1, 0.15) is 26.7 Å². The Hall–Kier alpha value is -2.77. The van der Waals surface area contributed by atoms with Gasteiger partial charge in [0.25, 0.3) is 5.91 Å². The highest BCUT2D eigenvalue weighted by Gasteiger charge is 2.09. The molecule has 0 saturated heterocycles. The largest absolute Gasteiger partial charge is 0.478 e. The summed E-state index contributed by atoms with van der Waals surface area (Å²) in [5, 5.41) is 14.7. The number of aromatic nitrogens is 3. The molecular formula is C11H10N4O4. The molecule has 2 aromatic rings. The molecule has 0 atom stereocenters. The molecule has 0 saturated carbocycles. The Labute approximate surface area is 107 Å². The third-order valence-corrected chi connectivity index (χ3v) is 2.27. The number of carbonyl (C=O) groups is 2. The summed E-state index contributed by atoms with van der Waals surface area (Å²) in [5.74, 6) is -1.05. The van der Waals surface area contributed by atoms with Crippen LogP contribution in [0.5, 0.6) is 0 Å². The smallest absolute Gasteiger partial charge is 0.337 e. The van der Waals surface area contributed by atoms with Gasteiger partial charge < -0.3 is 14.9 Å². The predicted octanol–water partition coefficient (Wildman–Crippen LogP) is 0.135. The van der Waals surface area contributed by atoms with E-state index in [-0.39, 0.29) is 11.3 Å². The molecule has 0 fully saturated rings. The summed E-state index contributed by atoms with van der Waals surface area (Å²) in [5.41, 5.74) is 0.179. The van der Waals surface area contributed by atoms with Crippen LogP contribution in [-0.2, 0) is 6.42 Å². The van der Waals surface area contributed by atoms with Crippen molar-refractivity contribution in [2.45, 2.75) is 6.42 Å². The minimum atomic E-state index is -1.09. The molecule has 0 aliphatic rings. The molecule has 0 aliphatic heterocycles. The van der Waals surface area contributed by atoms with Crippen molar-refractivity contribution in [1.29, 1.82) is 0 Å². The lowest BCUT2D eigenvalue weighted by Gasteiger charge is -2.02. The quantitative estimate of drug-likeness (QED) is 0.786. The molecule has 0 bridgehead atoms. The summed E-state index contributed by atoms with van der Waals surface area (Å²) in [4.78, 5) is 29.9. The zero-order valence-electron chi connectivity index (χ0n) is 9.74. The van der Waals surface area contributed by atoms with Crippen molar-refractivity contribution in [3.8, 4) is 0 Å². The summed E-state index contributed by atoms with van der Waals surface area (Å²) in [7, 11) is 0. The molecule has 2 aromatic heterocycles. The van der Waals surface area contributed by atoms with Gasteiger partial charge >= 0.3 is 5.97 Å². The van der Waals surface area contributed by atoms with Crippen LogP contribution in [0, 0.1) is 0 Å².